The standard InChI is InChI=1S/C20H19Cl2N3O4/c1-5-8-29-19(27)14-10(2)23-17-16(18(26)25(4)20(28)24(17)3)15(14)11-6-7-12(21)13(22)9-11/h5-7,9,15,23H,1,8H2,2-4H3. The lowest BCUT2D eigenvalue weighted by Crippen LogP contribution is -2.43. The molecule has 7 nitrogen and oxygen atoms in total. The fourth-order valence-corrected chi connectivity index (χ4v) is 3.70. The van der Waals surface area contributed by atoms with Crippen molar-refractivity contribution in [2.24, 2.45) is 14.1 Å². The Balaban J connectivity index is 2.36. The summed E-state index contributed by atoms with van der Waals surface area (Å²) in [5, 5.41) is 3.64. The van der Waals surface area contributed by atoms with Crippen LogP contribution in [0, 0.1) is 0 Å². The molecule has 1 aliphatic heterocycles. The molecule has 1 atom stereocenters. The van der Waals surface area contributed by atoms with Crippen LogP contribution < -0.4 is 16.6 Å². The Bertz CT molecular complexity index is 1180. The Hall–Kier alpha value is -2.77. The van der Waals surface area contributed by atoms with Gasteiger partial charge in [0.2, 0.25) is 0 Å². The second-order valence-electron chi connectivity index (χ2n) is 6.63. The summed E-state index contributed by atoms with van der Waals surface area (Å²) in [6.07, 6.45) is 1.45. The SMILES string of the molecule is C=CCOC(=O)C1=C(C)Nc2c(c(=O)n(C)c(=O)n2C)C1c1ccc(Cl)c(Cl)c1. The second-order valence-corrected chi connectivity index (χ2v) is 7.44. The summed E-state index contributed by atoms with van der Waals surface area (Å²) in [4.78, 5) is 38.3. The maximum absolute atomic E-state index is 13.1. The van der Waals surface area contributed by atoms with Gasteiger partial charge in [0.1, 0.15) is 12.4 Å². The van der Waals surface area contributed by atoms with E-state index in [1.807, 2.05) is 0 Å². The summed E-state index contributed by atoms with van der Waals surface area (Å²) in [7, 11) is 2.94. The summed E-state index contributed by atoms with van der Waals surface area (Å²) < 4.78 is 7.58. The summed E-state index contributed by atoms with van der Waals surface area (Å²) in [5.74, 6) is -1.09. The predicted molar refractivity (Wildman–Crippen MR) is 113 cm³/mol. The van der Waals surface area contributed by atoms with Crippen molar-refractivity contribution in [3.05, 3.63) is 84.1 Å². The molecule has 3 rings (SSSR count). The van der Waals surface area contributed by atoms with Crippen LogP contribution in [0.5, 0.6) is 0 Å². The molecule has 1 aromatic heterocycles. The Morgan fingerprint density at radius 2 is 1.93 bits per heavy atom. The lowest BCUT2D eigenvalue weighted by atomic mass is 9.82. The minimum Gasteiger partial charge on any atom is -0.458 e. The van der Waals surface area contributed by atoms with Gasteiger partial charge in [-0.2, -0.15) is 0 Å². The van der Waals surface area contributed by atoms with E-state index in [2.05, 4.69) is 11.9 Å². The molecule has 0 amide bonds. The van der Waals surface area contributed by atoms with Crippen molar-refractivity contribution in [3.8, 4) is 0 Å². The van der Waals surface area contributed by atoms with Gasteiger partial charge in [-0.05, 0) is 24.6 Å². The number of rotatable bonds is 4. The van der Waals surface area contributed by atoms with Gasteiger partial charge in [-0.15, -0.1) is 0 Å². The number of carbonyl (C=O) groups excluding carboxylic acids is 1. The van der Waals surface area contributed by atoms with Crippen molar-refractivity contribution >= 4 is 35.0 Å². The number of halogens is 2. The van der Waals surface area contributed by atoms with Crippen molar-refractivity contribution in [1.29, 1.82) is 0 Å². The number of ether oxygens (including phenoxy) is 1. The molecular formula is C20H19Cl2N3O4. The molecule has 1 aromatic carbocycles. The molecule has 0 spiro atoms. The summed E-state index contributed by atoms with van der Waals surface area (Å²) in [5.41, 5.74) is 0.513. The number of hydrogen-bond acceptors (Lipinski definition) is 5. The molecule has 0 aliphatic carbocycles. The van der Waals surface area contributed by atoms with E-state index in [0.717, 1.165) is 4.57 Å². The zero-order valence-electron chi connectivity index (χ0n) is 16.1. The minimum atomic E-state index is -0.802. The molecule has 1 unspecified atom stereocenters. The maximum Gasteiger partial charge on any atom is 0.337 e. The van der Waals surface area contributed by atoms with Gasteiger partial charge in [-0.1, -0.05) is 41.9 Å². The molecule has 29 heavy (non-hydrogen) atoms. The van der Waals surface area contributed by atoms with Gasteiger partial charge in [-0.25, -0.2) is 9.59 Å². The van der Waals surface area contributed by atoms with Gasteiger partial charge >= 0.3 is 11.7 Å². The first-order valence-electron chi connectivity index (χ1n) is 8.69. The Morgan fingerprint density at radius 1 is 1.24 bits per heavy atom. The van der Waals surface area contributed by atoms with Crippen molar-refractivity contribution < 1.29 is 9.53 Å². The van der Waals surface area contributed by atoms with Crippen LogP contribution in [0.25, 0.3) is 0 Å². The molecule has 0 saturated carbocycles. The maximum atomic E-state index is 13.1. The Morgan fingerprint density at radius 3 is 2.55 bits per heavy atom. The van der Waals surface area contributed by atoms with E-state index in [4.69, 9.17) is 27.9 Å². The van der Waals surface area contributed by atoms with Crippen molar-refractivity contribution in [2.45, 2.75) is 12.8 Å². The molecular weight excluding hydrogens is 417 g/mol. The van der Waals surface area contributed by atoms with Gasteiger partial charge < -0.3 is 10.1 Å². The monoisotopic (exact) mass is 435 g/mol. The van der Waals surface area contributed by atoms with Gasteiger partial charge in [-0.3, -0.25) is 13.9 Å². The smallest absolute Gasteiger partial charge is 0.337 e. The molecule has 1 aliphatic rings. The fourth-order valence-electron chi connectivity index (χ4n) is 3.40. The molecule has 2 heterocycles. The highest BCUT2D eigenvalue weighted by atomic mass is 35.5. The fraction of sp³-hybridized carbons (Fsp3) is 0.250. The van der Waals surface area contributed by atoms with Crippen LogP contribution in [0.1, 0.15) is 24.0 Å². The molecule has 0 saturated heterocycles. The van der Waals surface area contributed by atoms with Crippen LogP contribution in [0.4, 0.5) is 5.82 Å². The first kappa shape index (κ1) is 21.0. The van der Waals surface area contributed by atoms with Gasteiger partial charge in [0.25, 0.3) is 5.56 Å². The van der Waals surface area contributed by atoms with Crippen LogP contribution in [0.3, 0.4) is 0 Å². The molecule has 152 valence electrons. The molecule has 2 aromatic rings. The predicted octanol–water partition coefficient (Wildman–Crippen LogP) is 2.95. The number of anilines is 1. The summed E-state index contributed by atoms with van der Waals surface area (Å²) in [6, 6.07) is 4.88. The molecule has 0 fully saturated rings. The zero-order chi connectivity index (χ0) is 21.5. The summed E-state index contributed by atoms with van der Waals surface area (Å²) in [6.45, 7) is 5.24. The minimum absolute atomic E-state index is 0.0157. The van der Waals surface area contributed by atoms with Crippen LogP contribution in [-0.4, -0.2) is 21.7 Å². The van der Waals surface area contributed by atoms with E-state index in [1.165, 1.54) is 17.7 Å². The highest BCUT2D eigenvalue weighted by Crippen LogP contribution is 2.41. The Labute approximate surface area is 176 Å². The Kier molecular flexibility index (Phi) is 5.73. The molecule has 9 heteroatoms. The number of nitrogens with zero attached hydrogens (tertiary/aromatic N) is 2. The largest absolute Gasteiger partial charge is 0.458 e. The average molecular weight is 436 g/mol. The second kappa shape index (κ2) is 7.93. The van der Waals surface area contributed by atoms with E-state index in [9.17, 15) is 14.4 Å². The topological polar surface area (TPSA) is 82.3 Å². The van der Waals surface area contributed by atoms with Gasteiger partial charge in [0.05, 0.1) is 27.1 Å². The van der Waals surface area contributed by atoms with Crippen LogP contribution >= 0.6 is 23.2 Å². The van der Waals surface area contributed by atoms with Crippen molar-refractivity contribution in [2.75, 3.05) is 11.9 Å². The van der Waals surface area contributed by atoms with Gasteiger partial charge in [0.15, 0.2) is 0 Å². The third-order valence-corrected chi connectivity index (χ3v) is 5.55. The third kappa shape index (κ3) is 3.52. The van der Waals surface area contributed by atoms with Gasteiger partial charge in [0, 0.05) is 19.8 Å². The number of aromatic nitrogens is 2. The zero-order valence-corrected chi connectivity index (χ0v) is 17.6. The highest BCUT2D eigenvalue weighted by Gasteiger charge is 2.37. The number of carbonyl (C=O) groups is 1. The number of benzene rings is 1. The van der Waals surface area contributed by atoms with E-state index < -0.39 is 23.1 Å². The first-order chi connectivity index (χ1) is 13.7. The van der Waals surface area contributed by atoms with Crippen LogP contribution in [0.15, 0.2) is 51.7 Å². The number of allylic oxidation sites excluding steroid dienone is 1. The van der Waals surface area contributed by atoms with E-state index in [1.54, 1.807) is 32.2 Å². The molecule has 0 radical (unpaired) electrons. The third-order valence-electron chi connectivity index (χ3n) is 4.82. The lowest BCUT2D eigenvalue weighted by molar-refractivity contribution is -0.138. The average Bonchev–Trinajstić information content (AvgIpc) is 2.70. The molecule has 0 bridgehead atoms. The first-order valence-corrected chi connectivity index (χ1v) is 9.45. The molecule has 1 N–H and O–H groups in total. The quantitative estimate of drug-likeness (QED) is 0.589. The number of hydrogen-bond donors (Lipinski definition) is 1. The van der Waals surface area contributed by atoms with Crippen molar-refractivity contribution in [3.63, 3.8) is 0 Å². The number of fused-ring (bicyclic) bond motifs is 1. The van der Waals surface area contributed by atoms with Crippen LogP contribution in [-0.2, 0) is 23.6 Å². The normalized spacial score (nSPS) is 15.6. The number of nitrogens with one attached hydrogen (secondary N) is 1. The number of esters is 1. The van der Waals surface area contributed by atoms with Crippen molar-refractivity contribution in [1.82, 2.24) is 9.13 Å². The summed E-state index contributed by atoms with van der Waals surface area (Å²) >= 11 is 12.3. The lowest BCUT2D eigenvalue weighted by Gasteiger charge is -2.30. The van der Waals surface area contributed by atoms with E-state index in [0.29, 0.717) is 22.1 Å². The highest BCUT2D eigenvalue weighted by molar-refractivity contribution is 6.42. The van der Waals surface area contributed by atoms with Crippen LogP contribution in [0.2, 0.25) is 10.0 Å². The van der Waals surface area contributed by atoms with E-state index >= 15 is 0 Å². The van der Waals surface area contributed by atoms with E-state index in [-0.39, 0.29) is 22.8 Å².